The Kier molecular flexibility index (Phi) is 3.89. The molecule has 38 valence electrons. The van der Waals surface area contributed by atoms with Gasteiger partial charge in [-0.25, -0.2) is 0 Å². The highest BCUT2D eigenvalue weighted by Crippen LogP contribution is 1.99. The van der Waals surface area contributed by atoms with Crippen molar-refractivity contribution in [3.63, 3.8) is 0 Å². The van der Waals surface area contributed by atoms with Crippen molar-refractivity contribution in [2.75, 3.05) is 6.54 Å². The second-order valence-corrected chi connectivity index (χ2v) is 2.92. The zero-order chi connectivity index (χ0) is 4.99. The van der Waals surface area contributed by atoms with Crippen LogP contribution in [0.1, 0.15) is 13.3 Å². The van der Waals surface area contributed by atoms with Gasteiger partial charge < -0.3 is 5.73 Å². The predicted octanol–water partition coefficient (Wildman–Crippen LogP) is 1.12. The van der Waals surface area contributed by atoms with Crippen LogP contribution in [0.5, 0.6) is 0 Å². The SMILES string of the molecule is C[C@@H](Br)CCN. The normalized spacial score (nSPS) is 14.5. The number of hydrogen-bond acceptors (Lipinski definition) is 1. The van der Waals surface area contributed by atoms with Crippen molar-refractivity contribution in [3.8, 4) is 0 Å². The molecule has 0 rings (SSSR count). The van der Waals surface area contributed by atoms with E-state index in [4.69, 9.17) is 5.73 Å². The first kappa shape index (κ1) is 6.44. The third kappa shape index (κ3) is 4.44. The molecule has 0 aliphatic carbocycles. The summed E-state index contributed by atoms with van der Waals surface area (Å²) < 4.78 is 0. The number of halogens is 1. The lowest BCUT2D eigenvalue weighted by Gasteiger charge is -1.93. The Morgan fingerprint density at radius 3 is 2.33 bits per heavy atom. The molecule has 0 amide bonds. The summed E-state index contributed by atoms with van der Waals surface area (Å²) in [4.78, 5) is 0.586. The van der Waals surface area contributed by atoms with Crippen molar-refractivity contribution in [2.24, 2.45) is 5.73 Å². The van der Waals surface area contributed by atoms with Gasteiger partial charge in [-0.15, -0.1) is 0 Å². The first-order chi connectivity index (χ1) is 2.77. The van der Waals surface area contributed by atoms with E-state index in [9.17, 15) is 0 Å². The molecule has 0 heterocycles. The van der Waals surface area contributed by atoms with Gasteiger partial charge in [0.15, 0.2) is 0 Å². The van der Waals surface area contributed by atoms with Crippen molar-refractivity contribution in [3.05, 3.63) is 0 Å². The van der Waals surface area contributed by atoms with Gasteiger partial charge in [-0.05, 0) is 13.0 Å². The Hall–Kier alpha value is 0.440. The molecule has 2 heteroatoms. The minimum atomic E-state index is 0.586. The van der Waals surface area contributed by atoms with Crippen molar-refractivity contribution in [1.29, 1.82) is 0 Å². The molecular weight excluding hydrogens is 142 g/mol. The maximum Gasteiger partial charge on any atom is 0.0129 e. The number of alkyl halides is 1. The van der Waals surface area contributed by atoms with E-state index < -0.39 is 0 Å². The van der Waals surface area contributed by atoms with Gasteiger partial charge in [-0.2, -0.15) is 0 Å². The largest absolute Gasteiger partial charge is 0.330 e. The maximum absolute atomic E-state index is 5.20. The number of nitrogens with two attached hydrogens (primary N) is 1. The van der Waals surface area contributed by atoms with Gasteiger partial charge in [0.2, 0.25) is 0 Å². The van der Waals surface area contributed by atoms with Crippen LogP contribution in [0.2, 0.25) is 0 Å². The first-order valence-electron chi connectivity index (χ1n) is 2.11. The Morgan fingerprint density at radius 1 is 1.83 bits per heavy atom. The van der Waals surface area contributed by atoms with E-state index in [1.807, 2.05) is 0 Å². The fourth-order valence-corrected chi connectivity index (χ4v) is 0.494. The third-order valence-electron chi connectivity index (χ3n) is 0.564. The van der Waals surface area contributed by atoms with E-state index in [1.54, 1.807) is 0 Å². The zero-order valence-corrected chi connectivity index (χ0v) is 5.53. The molecule has 0 aromatic carbocycles. The fourth-order valence-electron chi connectivity index (χ4n) is 0.230. The molecule has 0 aliphatic rings. The average molecular weight is 152 g/mol. The molecule has 0 fully saturated rings. The quantitative estimate of drug-likeness (QED) is 0.589. The van der Waals surface area contributed by atoms with Gasteiger partial charge >= 0.3 is 0 Å². The average Bonchev–Trinajstić information content (AvgIpc) is 1.35. The molecule has 0 aliphatic heterocycles. The monoisotopic (exact) mass is 151 g/mol. The summed E-state index contributed by atoms with van der Waals surface area (Å²) in [6.07, 6.45) is 1.07. The minimum absolute atomic E-state index is 0.586. The lowest BCUT2D eigenvalue weighted by atomic mass is 10.3. The van der Waals surface area contributed by atoms with Crippen molar-refractivity contribution < 1.29 is 0 Å². The van der Waals surface area contributed by atoms with Crippen LogP contribution in [-0.4, -0.2) is 11.4 Å². The summed E-state index contributed by atoms with van der Waals surface area (Å²) in [6, 6.07) is 0. The molecule has 1 atom stereocenters. The lowest BCUT2D eigenvalue weighted by molar-refractivity contribution is 0.834. The fraction of sp³-hybridized carbons (Fsp3) is 1.00. The van der Waals surface area contributed by atoms with E-state index in [1.165, 1.54) is 0 Å². The predicted molar refractivity (Wildman–Crippen MR) is 32.1 cm³/mol. The van der Waals surface area contributed by atoms with Gasteiger partial charge in [-0.3, -0.25) is 0 Å². The Labute approximate surface area is 47.0 Å². The topological polar surface area (TPSA) is 26.0 Å². The summed E-state index contributed by atoms with van der Waals surface area (Å²) in [5, 5.41) is 0. The molecule has 6 heavy (non-hydrogen) atoms. The van der Waals surface area contributed by atoms with Crippen molar-refractivity contribution in [2.45, 2.75) is 18.2 Å². The van der Waals surface area contributed by atoms with Crippen LogP contribution >= 0.6 is 15.9 Å². The first-order valence-corrected chi connectivity index (χ1v) is 3.03. The Balaban J connectivity index is 2.63. The zero-order valence-electron chi connectivity index (χ0n) is 3.95. The molecular formula is C4H10BrN. The smallest absolute Gasteiger partial charge is 0.0129 e. The van der Waals surface area contributed by atoms with Crippen molar-refractivity contribution in [1.82, 2.24) is 0 Å². The van der Waals surface area contributed by atoms with Crippen LogP contribution in [0.25, 0.3) is 0 Å². The molecule has 0 radical (unpaired) electrons. The highest BCUT2D eigenvalue weighted by molar-refractivity contribution is 9.09. The summed E-state index contributed by atoms with van der Waals surface area (Å²) in [5.41, 5.74) is 5.20. The van der Waals surface area contributed by atoms with E-state index in [2.05, 4.69) is 22.9 Å². The highest BCUT2D eigenvalue weighted by Gasteiger charge is 1.88. The van der Waals surface area contributed by atoms with Gasteiger partial charge in [0.1, 0.15) is 0 Å². The molecule has 0 spiro atoms. The molecule has 0 aromatic rings. The van der Waals surface area contributed by atoms with Crippen molar-refractivity contribution >= 4 is 15.9 Å². The third-order valence-corrected chi connectivity index (χ3v) is 1.02. The highest BCUT2D eigenvalue weighted by atomic mass is 79.9. The molecule has 0 bridgehead atoms. The van der Waals surface area contributed by atoms with Crippen LogP contribution in [0, 0.1) is 0 Å². The van der Waals surface area contributed by atoms with Gasteiger partial charge in [0.05, 0.1) is 0 Å². The van der Waals surface area contributed by atoms with E-state index in [0.29, 0.717) is 4.83 Å². The van der Waals surface area contributed by atoms with E-state index in [-0.39, 0.29) is 0 Å². The Bertz CT molecular complexity index is 28.7. The van der Waals surface area contributed by atoms with Crippen LogP contribution in [-0.2, 0) is 0 Å². The molecule has 2 N–H and O–H groups in total. The van der Waals surface area contributed by atoms with Crippen LogP contribution in [0.4, 0.5) is 0 Å². The van der Waals surface area contributed by atoms with E-state index in [0.717, 1.165) is 13.0 Å². The summed E-state index contributed by atoms with van der Waals surface area (Å²) in [6.45, 7) is 2.87. The van der Waals surface area contributed by atoms with E-state index >= 15 is 0 Å². The molecule has 0 unspecified atom stereocenters. The summed E-state index contributed by atoms with van der Waals surface area (Å²) in [7, 11) is 0. The van der Waals surface area contributed by atoms with Gasteiger partial charge in [0.25, 0.3) is 0 Å². The standard InChI is InChI=1S/C4H10BrN/c1-4(5)2-3-6/h4H,2-3,6H2,1H3/t4-/m1/s1. The van der Waals surface area contributed by atoms with Crippen LogP contribution in [0.15, 0.2) is 0 Å². The van der Waals surface area contributed by atoms with Gasteiger partial charge in [0, 0.05) is 4.83 Å². The second-order valence-electron chi connectivity index (χ2n) is 1.36. The molecule has 0 saturated carbocycles. The molecule has 0 aromatic heterocycles. The van der Waals surface area contributed by atoms with Crippen LogP contribution < -0.4 is 5.73 Å². The number of hydrogen-bond donors (Lipinski definition) is 1. The maximum atomic E-state index is 5.20. The summed E-state index contributed by atoms with van der Waals surface area (Å²) >= 11 is 3.35. The van der Waals surface area contributed by atoms with Gasteiger partial charge in [-0.1, -0.05) is 22.9 Å². The molecule has 0 saturated heterocycles. The van der Waals surface area contributed by atoms with Crippen LogP contribution in [0.3, 0.4) is 0 Å². The molecule has 1 nitrogen and oxygen atoms in total. The number of rotatable bonds is 2. The minimum Gasteiger partial charge on any atom is -0.330 e. The Morgan fingerprint density at radius 2 is 2.33 bits per heavy atom. The summed E-state index contributed by atoms with van der Waals surface area (Å²) in [5.74, 6) is 0. The second kappa shape index (κ2) is 3.62. The lowest BCUT2D eigenvalue weighted by Crippen LogP contribution is -2.03.